The molecule has 0 aliphatic carbocycles. The monoisotopic (exact) mass is 387 g/mol. The maximum atomic E-state index is 12.5. The fourth-order valence-electron chi connectivity index (χ4n) is 1.73. The summed E-state index contributed by atoms with van der Waals surface area (Å²) in [6, 6.07) is 10.2. The van der Waals surface area contributed by atoms with Gasteiger partial charge in [0.15, 0.2) is 5.78 Å². The van der Waals surface area contributed by atoms with E-state index in [0.717, 1.165) is 3.57 Å². The molecule has 19 heavy (non-hydrogen) atoms. The van der Waals surface area contributed by atoms with Gasteiger partial charge in [0.2, 0.25) is 0 Å². The van der Waals surface area contributed by atoms with Crippen molar-refractivity contribution >= 4 is 45.7 Å². The van der Waals surface area contributed by atoms with Crippen LogP contribution in [0.5, 0.6) is 5.75 Å². The second kappa shape index (κ2) is 5.79. The molecule has 0 atom stereocenters. The molecule has 0 amide bonds. The molecule has 0 saturated heterocycles. The molecule has 98 valence electrons. The first kappa shape index (κ1) is 14.1. The zero-order chi connectivity index (χ0) is 14.0. The molecule has 3 nitrogen and oxygen atoms in total. The molecule has 0 bridgehead atoms. The van der Waals surface area contributed by atoms with Crippen LogP contribution in [0, 0.1) is 3.57 Å². The normalized spacial score (nSPS) is 10.3. The molecular formula is C14H11ClINO2. The SMILES string of the molecule is COc1ccc(I)cc1C(=O)c1cc(Cl)ccc1N. The molecule has 0 spiro atoms. The third kappa shape index (κ3) is 3.01. The van der Waals surface area contributed by atoms with Gasteiger partial charge in [0, 0.05) is 19.8 Å². The van der Waals surface area contributed by atoms with E-state index in [2.05, 4.69) is 22.6 Å². The van der Waals surface area contributed by atoms with Gasteiger partial charge in [-0.25, -0.2) is 0 Å². The summed E-state index contributed by atoms with van der Waals surface area (Å²) in [6.45, 7) is 0. The summed E-state index contributed by atoms with van der Waals surface area (Å²) >= 11 is 8.05. The first-order valence-corrected chi connectivity index (χ1v) is 6.92. The number of rotatable bonds is 3. The van der Waals surface area contributed by atoms with Gasteiger partial charge in [0.25, 0.3) is 0 Å². The lowest BCUT2D eigenvalue weighted by Crippen LogP contribution is -2.07. The summed E-state index contributed by atoms with van der Waals surface area (Å²) < 4.78 is 6.16. The van der Waals surface area contributed by atoms with Crippen molar-refractivity contribution in [2.45, 2.75) is 0 Å². The van der Waals surface area contributed by atoms with Crippen molar-refractivity contribution in [3.05, 3.63) is 56.1 Å². The van der Waals surface area contributed by atoms with E-state index in [-0.39, 0.29) is 5.78 Å². The highest BCUT2D eigenvalue weighted by atomic mass is 127. The van der Waals surface area contributed by atoms with Crippen molar-refractivity contribution in [3.63, 3.8) is 0 Å². The number of carbonyl (C=O) groups excluding carboxylic acids is 1. The average molecular weight is 388 g/mol. The number of ether oxygens (including phenoxy) is 1. The maximum absolute atomic E-state index is 12.5. The number of methoxy groups -OCH3 is 1. The average Bonchev–Trinajstić information content (AvgIpc) is 2.40. The standard InChI is InChI=1S/C14H11ClINO2/c1-19-13-5-3-9(16)7-11(13)14(18)10-6-8(15)2-4-12(10)17/h2-7H,17H2,1H3. The van der Waals surface area contributed by atoms with E-state index in [1.54, 1.807) is 30.3 Å². The topological polar surface area (TPSA) is 52.3 Å². The minimum absolute atomic E-state index is 0.199. The summed E-state index contributed by atoms with van der Waals surface area (Å²) in [6.07, 6.45) is 0. The molecule has 0 radical (unpaired) electrons. The molecule has 0 saturated carbocycles. The van der Waals surface area contributed by atoms with Crippen LogP contribution in [0.2, 0.25) is 5.02 Å². The van der Waals surface area contributed by atoms with Crippen molar-refractivity contribution < 1.29 is 9.53 Å². The molecule has 2 N–H and O–H groups in total. The molecule has 2 rings (SSSR count). The number of hydrogen-bond acceptors (Lipinski definition) is 3. The van der Waals surface area contributed by atoms with Crippen molar-refractivity contribution in [1.82, 2.24) is 0 Å². The van der Waals surface area contributed by atoms with Crippen molar-refractivity contribution in [3.8, 4) is 5.75 Å². The lowest BCUT2D eigenvalue weighted by Gasteiger charge is -2.10. The van der Waals surface area contributed by atoms with Crippen LogP contribution in [0.4, 0.5) is 5.69 Å². The smallest absolute Gasteiger partial charge is 0.198 e. The number of nitrogen functional groups attached to an aromatic ring is 1. The number of benzene rings is 2. The van der Waals surface area contributed by atoms with Gasteiger partial charge < -0.3 is 10.5 Å². The van der Waals surface area contributed by atoms with Crippen molar-refractivity contribution in [2.75, 3.05) is 12.8 Å². The van der Waals surface area contributed by atoms with Crippen LogP contribution < -0.4 is 10.5 Å². The first-order valence-electron chi connectivity index (χ1n) is 5.46. The molecule has 0 fully saturated rings. The van der Waals surface area contributed by atoms with Crippen LogP contribution in [0.1, 0.15) is 15.9 Å². The van der Waals surface area contributed by atoms with Crippen LogP contribution in [-0.2, 0) is 0 Å². The van der Waals surface area contributed by atoms with Gasteiger partial charge in [-0.05, 0) is 59.0 Å². The Bertz CT molecular complexity index is 643. The van der Waals surface area contributed by atoms with Crippen LogP contribution in [-0.4, -0.2) is 12.9 Å². The van der Waals surface area contributed by atoms with E-state index in [9.17, 15) is 4.79 Å². The summed E-state index contributed by atoms with van der Waals surface area (Å²) in [5, 5.41) is 0.474. The van der Waals surface area contributed by atoms with E-state index in [4.69, 9.17) is 22.1 Å². The molecule has 0 unspecified atom stereocenters. The second-order valence-corrected chi connectivity index (χ2v) is 5.59. The Labute approximate surface area is 129 Å². The lowest BCUT2D eigenvalue weighted by atomic mass is 10.0. The molecule has 2 aromatic carbocycles. The van der Waals surface area contributed by atoms with Crippen LogP contribution in [0.25, 0.3) is 0 Å². The zero-order valence-electron chi connectivity index (χ0n) is 10.1. The van der Waals surface area contributed by atoms with Gasteiger partial charge in [-0.2, -0.15) is 0 Å². The Morgan fingerprint density at radius 2 is 1.95 bits per heavy atom. The van der Waals surface area contributed by atoms with Crippen LogP contribution >= 0.6 is 34.2 Å². The van der Waals surface area contributed by atoms with Gasteiger partial charge in [-0.15, -0.1) is 0 Å². The Balaban J connectivity index is 2.55. The number of halogens is 2. The third-order valence-corrected chi connectivity index (χ3v) is 3.57. The fourth-order valence-corrected chi connectivity index (χ4v) is 2.39. The fraction of sp³-hybridized carbons (Fsp3) is 0.0714. The molecule has 5 heteroatoms. The van der Waals surface area contributed by atoms with Gasteiger partial charge >= 0.3 is 0 Å². The summed E-state index contributed by atoms with van der Waals surface area (Å²) in [5.41, 5.74) is 7.09. The number of carbonyl (C=O) groups is 1. The molecule has 0 aromatic heterocycles. The Morgan fingerprint density at radius 1 is 1.21 bits per heavy atom. The van der Waals surface area contributed by atoms with E-state index in [0.29, 0.717) is 27.6 Å². The number of ketones is 1. The van der Waals surface area contributed by atoms with E-state index in [1.165, 1.54) is 7.11 Å². The maximum Gasteiger partial charge on any atom is 0.198 e. The Kier molecular flexibility index (Phi) is 4.31. The number of anilines is 1. The largest absolute Gasteiger partial charge is 0.496 e. The Morgan fingerprint density at radius 3 is 2.63 bits per heavy atom. The number of nitrogens with two attached hydrogens (primary N) is 1. The van der Waals surface area contributed by atoms with Crippen LogP contribution in [0.3, 0.4) is 0 Å². The zero-order valence-corrected chi connectivity index (χ0v) is 13.0. The highest BCUT2D eigenvalue weighted by molar-refractivity contribution is 14.1. The Hall–Kier alpha value is -1.27. The van der Waals surface area contributed by atoms with Crippen molar-refractivity contribution in [1.29, 1.82) is 0 Å². The molecule has 0 aliphatic heterocycles. The predicted molar refractivity (Wildman–Crippen MR) is 85.0 cm³/mol. The highest BCUT2D eigenvalue weighted by Gasteiger charge is 2.17. The van der Waals surface area contributed by atoms with E-state index < -0.39 is 0 Å². The molecule has 2 aromatic rings. The van der Waals surface area contributed by atoms with E-state index >= 15 is 0 Å². The third-order valence-electron chi connectivity index (χ3n) is 2.67. The van der Waals surface area contributed by atoms with Gasteiger partial charge in [-0.1, -0.05) is 11.6 Å². The van der Waals surface area contributed by atoms with E-state index in [1.807, 2.05) is 6.07 Å². The molecular weight excluding hydrogens is 377 g/mol. The summed E-state index contributed by atoms with van der Waals surface area (Å²) in [4.78, 5) is 12.5. The molecule has 0 heterocycles. The second-order valence-electron chi connectivity index (χ2n) is 3.91. The minimum atomic E-state index is -0.199. The summed E-state index contributed by atoms with van der Waals surface area (Å²) in [7, 11) is 1.53. The highest BCUT2D eigenvalue weighted by Crippen LogP contribution is 2.27. The lowest BCUT2D eigenvalue weighted by molar-refractivity contribution is 0.103. The minimum Gasteiger partial charge on any atom is -0.496 e. The first-order chi connectivity index (χ1) is 9.02. The van der Waals surface area contributed by atoms with Crippen LogP contribution in [0.15, 0.2) is 36.4 Å². The van der Waals surface area contributed by atoms with Gasteiger partial charge in [-0.3, -0.25) is 4.79 Å². The van der Waals surface area contributed by atoms with Crippen molar-refractivity contribution in [2.24, 2.45) is 0 Å². The quantitative estimate of drug-likeness (QED) is 0.495. The predicted octanol–water partition coefficient (Wildman–Crippen LogP) is 3.77. The number of hydrogen-bond donors (Lipinski definition) is 1. The van der Waals surface area contributed by atoms with Gasteiger partial charge in [0.05, 0.1) is 12.7 Å². The van der Waals surface area contributed by atoms with Gasteiger partial charge in [0.1, 0.15) is 5.75 Å². The molecule has 0 aliphatic rings. The summed E-state index contributed by atoms with van der Waals surface area (Å²) in [5.74, 6) is 0.320.